The maximum absolute atomic E-state index is 12.5. The first kappa shape index (κ1) is 17.7. The normalized spacial score (nSPS) is 11.0. The lowest BCUT2D eigenvalue weighted by Crippen LogP contribution is -2.40. The molecule has 1 aromatic heterocycles. The van der Waals surface area contributed by atoms with Crippen molar-refractivity contribution < 1.29 is 9.59 Å². The number of pyridine rings is 1. The molecule has 2 amide bonds. The highest BCUT2D eigenvalue weighted by molar-refractivity contribution is 5.97. The van der Waals surface area contributed by atoms with Crippen molar-refractivity contribution >= 4 is 11.8 Å². The fourth-order valence-corrected chi connectivity index (χ4v) is 2.20. The van der Waals surface area contributed by atoms with Gasteiger partial charge >= 0.3 is 0 Å². The summed E-state index contributed by atoms with van der Waals surface area (Å²) in [6.45, 7) is 6.21. The van der Waals surface area contributed by atoms with Gasteiger partial charge in [0.2, 0.25) is 0 Å². The lowest BCUT2D eigenvalue weighted by molar-refractivity contribution is 0.0782. The van der Waals surface area contributed by atoms with Crippen LogP contribution >= 0.6 is 0 Å². The van der Waals surface area contributed by atoms with Crippen molar-refractivity contribution in [2.24, 2.45) is 0 Å². The maximum atomic E-state index is 12.5. The van der Waals surface area contributed by atoms with Crippen molar-refractivity contribution in [2.45, 2.75) is 32.9 Å². The number of nitrogens with zero attached hydrogens (tertiary/aromatic N) is 2. The molecule has 0 saturated heterocycles. The van der Waals surface area contributed by atoms with Crippen LogP contribution in [0.4, 0.5) is 0 Å². The predicted octanol–water partition coefficient (Wildman–Crippen LogP) is 2.88. The molecule has 0 saturated carbocycles. The van der Waals surface area contributed by atoms with Crippen LogP contribution in [0.3, 0.4) is 0 Å². The standard InChI is InChI=1S/C19H23N3O2/c1-19(2,3)21-17(23)14-8-10-15(11-9-14)18(24)22(4)13-16-7-5-6-12-20-16/h5-12H,13H2,1-4H3,(H,21,23). The van der Waals surface area contributed by atoms with E-state index in [0.29, 0.717) is 17.7 Å². The zero-order chi connectivity index (χ0) is 17.7. The largest absolute Gasteiger partial charge is 0.347 e. The molecule has 24 heavy (non-hydrogen) atoms. The van der Waals surface area contributed by atoms with E-state index < -0.39 is 0 Å². The average Bonchev–Trinajstić information content (AvgIpc) is 2.53. The topological polar surface area (TPSA) is 62.3 Å². The molecule has 0 atom stereocenters. The van der Waals surface area contributed by atoms with Crippen molar-refractivity contribution in [1.82, 2.24) is 15.2 Å². The Morgan fingerprint density at radius 2 is 1.67 bits per heavy atom. The molecule has 2 aromatic rings. The van der Waals surface area contributed by atoms with Crippen LogP contribution in [-0.4, -0.2) is 34.3 Å². The Morgan fingerprint density at radius 3 is 2.21 bits per heavy atom. The summed E-state index contributed by atoms with van der Waals surface area (Å²) in [5, 5.41) is 2.90. The quantitative estimate of drug-likeness (QED) is 0.940. The van der Waals surface area contributed by atoms with Crippen molar-refractivity contribution in [1.29, 1.82) is 0 Å². The fourth-order valence-electron chi connectivity index (χ4n) is 2.20. The number of benzene rings is 1. The average molecular weight is 325 g/mol. The summed E-state index contributed by atoms with van der Waals surface area (Å²) in [4.78, 5) is 30.4. The molecule has 0 aliphatic carbocycles. The number of hydrogen-bond acceptors (Lipinski definition) is 3. The second kappa shape index (κ2) is 7.25. The van der Waals surface area contributed by atoms with E-state index in [-0.39, 0.29) is 17.4 Å². The van der Waals surface area contributed by atoms with Gasteiger partial charge in [0.05, 0.1) is 12.2 Å². The van der Waals surface area contributed by atoms with Gasteiger partial charge in [0.15, 0.2) is 0 Å². The number of carbonyl (C=O) groups excluding carboxylic acids is 2. The van der Waals surface area contributed by atoms with Crippen LogP contribution in [0.25, 0.3) is 0 Å². The number of amides is 2. The van der Waals surface area contributed by atoms with Crippen LogP contribution in [0.1, 0.15) is 47.2 Å². The third-order valence-electron chi connectivity index (χ3n) is 3.35. The molecule has 0 spiro atoms. The molecule has 2 rings (SSSR count). The minimum Gasteiger partial charge on any atom is -0.347 e. The molecule has 1 heterocycles. The van der Waals surface area contributed by atoms with Gasteiger partial charge in [-0.05, 0) is 57.2 Å². The zero-order valence-electron chi connectivity index (χ0n) is 14.5. The molecular formula is C19H23N3O2. The van der Waals surface area contributed by atoms with Gasteiger partial charge in [-0.2, -0.15) is 0 Å². The van der Waals surface area contributed by atoms with Gasteiger partial charge in [-0.15, -0.1) is 0 Å². The number of aromatic nitrogens is 1. The fraction of sp³-hybridized carbons (Fsp3) is 0.316. The van der Waals surface area contributed by atoms with E-state index in [2.05, 4.69) is 10.3 Å². The number of nitrogens with one attached hydrogen (secondary N) is 1. The second-order valence-corrected chi connectivity index (χ2v) is 6.76. The van der Waals surface area contributed by atoms with Gasteiger partial charge in [0.1, 0.15) is 0 Å². The van der Waals surface area contributed by atoms with Crippen molar-refractivity contribution in [3.63, 3.8) is 0 Å². The highest BCUT2D eigenvalue weighted by Gasteiger charge is 2.17. The number of hydrogen-bond donors (Lipinski definition) is 1. The summed E-state index contributed by atoms with van der Waals surface area (Å²) < 4.78 is 0. The second-order valence-electron chi connectivity index (χ2n) is 6.76. The Morgan fingerprint density at radius 1 is 1.04 bits per heavy atom. The Bertz CT molecular complexity index is 704. The first-order chi connectivity index (χ1) is 11.3. The van der Waals surface area contributed by atoms with E-state index >= 15 is 0 Å². The zero-order valence-corrected chi connectivity index (χ0v) is 14.5. The molecule has 0 fully saturated rings. The minimum absolute atomic E-state index is 0.108. The SMILES string of the molecule is CN(Cc1ccccn1)C(=O)c1ccc(C(=O)NC(C)(C)C)cc1. The Labute approximate surface area is 142 Å². The van der Waals surface area contributed by atoms with E-state index in [1.54, 1.807) is 42.4 Å². The van der Waals surface area contributed by atoms with Crippen LogP contribution < -0.4 is 5.32 Å². The summed E-state index contributed by atoms with van der Waals surface area (Å²) in [6, 6.07) is 12.3. The summed E-state index contributed by atoms with van der Waals surface area (Å²) in [5.41, 5.74) is 1.61. The van der Waals surface area contributed by atoms with Crippen LogP contribution in [0.5, 0.6) is 0 Å². The lowest BCUT2D eigenvalue weighted by atomic mass is 10.1. The van der Waals surface area contributed by atoms with E-state index in [0.717, 1.165) is 5.69 Å². The molecule has 0 radical (unpaired) electrons. The minimum atomic E-state index is -0.297. The van der Waals surface area contributed by atoms with Gasteiger partial charge < -0.3 is 10.2 Å². The van der Waals surface area contributed by atoms with Crippen molar-refractivity contribution in [2.75, 3.05) is 7.05 Å². The highest BCUT2D eigenvalue weighted by atomic mass is 16.2. The van der Waals surface area contributed by atoms with Crippen LogP contribution in [0.15, 0.2) is 48.7 Å². The molecule has 0 bridgehead atoms. The van der Waals surface area contributed by atoms with Crippen LogP contribution in [-0.2, 0) is 6.54 Å². The van der Waals surface area contributed by atoms with Gasteiger partial charge in [-0.25, -0.2) is 0 Å². The van der Waals surface area contributed by atoms with E-state index in [1.165, 1.54) is 0 Å². The van der Waals surface area contributed by atoms with Crippen LogP contribution in [0, 0.1) is 0 Å². The van der Waals surface area contributed by atoms with E-state index in [9.17, 15) is 9.59 Å². The summed E-state index contributed by atoms with van der Waals surface area (Å²) in [6.07, 6.45) is 1.70. The molecule has 0 aliphatic rings. The smallest absolute Gasteiger partial charge is 0.253 e. The third-order valence-corrected chi connectivity index (χ3v) is 3.35. The Kier molecular flexibility index (Phi) is 5.34. The Balaban J connectivity index is 2.04. The number of rotatable bonds is 4. The van der Waals surface area contributed by atoms with E-state index in [1.807, 2.05) is 39.0 Å². The summed E-state index contributed by atoms with van der Waals surface area (Å²) in [7, 11) is 1.73. The van der Waals surface area contributed by atoms with E-state index in [4.69, 9.17) is 0 Å². The van der Waals surface area contributed by atoms with Crippen LogP contribution in [0.2, 0.25) is 0 Å². The molecule has 5 heteroatoms. The van der Waals surface area contributed by atoms with Gasteiger partial charge in [0, 0.05) is 29.9 Å². The summed E-state index contributed by atoms with van der Waals surface area (Å²) >= 11 is 0. The monoisotopic (exact) mass is 325 g/mol. The first-order valence-electron chi connectivity index (χ1n) is 7.84. The van der Waals surface area contributed by atoms with Gasteiger partial charge in [0.25, 0.3) is 11.8 Å². The van der Waals surface area contributed by atoms with Crippen molar-refractivity contribution in [3.05, 3.63) is 65.5 Å². The van der Waals surface area contributed by atoms with Gasteiger partial charge in [-0.3, -0.25) is 14.6 Å². The lowest BCUT2D eigenvalue weighted by Gasteiger charge is -2.20. The molecule has 1 N–H and O–H groups in total. The third kappa shape index (κ3) is 4.91. The molecule has 126 valence electrons. The highest BCUT2D eigenvalue weighted by Crippen LogP contribution is 2.10. The van der Waals surface area contributed by atoms with Crippen molar-refractivity contribution in [3.8, 4) is 0 Å². The molecule has 0 unspecified atom stereocenters. The first-order valence-corrected chi connectivity index (χ1v) is 7.84. The predicted molar refractivity (Wildman–Crippen MR) is 93.7 cm³/mol. The molecule has 0 aliphatic heterocycles. The summed E-state index contributed by atoms with van der Waals surface area (Å²) in [5.74, 6) is -0.258. The van der Waals surface area contributed by atoms with Gasteiger partial charge in [-0.1, -0.05) is 6.07 Å². The number of carbonyl (C=O) groups is 2. The maximum Gasteiger partial charge on any atom is 0.253 e. The Hall–Kier alpha value is -2.69. The molecule has 5 nitrogen and oxygen atoms in total. The molecular weight excluding hydrogens is 302 g/mol. The molecule has 1 aromatic carbocycles.